The van der Waals surface area contributed by atoms with Crippen LogP contribution in [0, 0.1) is 5.82 Å². The SMILES string of the molecule is CC1(C)OB(c2cc(F)ccc2/C=C/C(=O)O)OC1(C)C. The van der Waals surface area contributed by atoms with E-state index in [1.807, 2.05) is 27.7 Å². The summed E-state index contributed by atoms with van der Waals surface area (Å²) in [5.41, 5.74) is -0.0568. The van der Waals surface area contributed by atoms with Gasteiger partial charge in [-0.25, -0.2) is 9.18 Å². The zero-order chi connectivity index (χ0) is 15.8. The molecule has 0 aliphatic carbocycles. The molecule has 0 amide bonds. The Morgan fingerprint density at radius 2 is 1.81 bits per heavy atom. The van der Waals surface area contributed by atoms with Gasteiger partial charge in [0.15, 0.2) is 0 Å². The predicted octanol–water partition coefficient (Wildman–Crippen LogP) is 2.22. The lowest BCUT2D eigenvalue weighted by molar-refractivity contribution is -0.131. The topological polar surface area (TPSA) is 55.8 Å². The number of halogens is 1. The van der Waals surface area contributed by atoms with Crippen molar-refractivity contribution in [3.63, 3.8) is 0 Å². The molecule has 0 aromatic heterocycles. The van der Waals surface area contributed by atoms with E-state index < -0.39 is 30.1 Å². The lowest BCUT2D eigenvalue weighted by Crippen LogP contribution is -2.41. The fourth-order valence-corrected chi connectivity index (χ4v) is 2.03. The monoisotopic (exact) mass is 292 g/mol. The molecule has 1 aromatic carbocycles. The first kappa shape index (κ1) is 15.7. The van der Waals surface area contributed by atoms with Gasteiger partial charge in [0, 0.05) is 6.08 Å². The molecule has 21 heavy (non-hydrogen) atoms. The Morgan fingerprint density at radius 3 is 2.33 bits per heavy atom. The van der Waals surface area contributed by atoms with E-state index in [0.717, 1.165) is 6.08 Å². The maximum absolute atomic E-state index is 13.5. The molecule has 0 radical (unpaired) electrons. The van der Waals surface area contributed by atoms with Gasteiger partial charge in [-0.3, -0.25) is 0 Å². The highest BCUT2D eigenvalue weighted by molar-refractivity contribution is 6.63. The van der Waals surface area contributed by atoms with E-state index in [9.17, 15) is 9.18 Å². The Hall–Kier alpha value is -1.66. The Balaban J connectivity index is 2.40. The van der Waals surface area contributed by atoms with Crippen molar-refractivity contribution in [3.05, 3.63) is 35.7 Å². The quantitative estimate of drug-likeness (QED) is 0.685. The second kappa shape index (κ2) is 5.28. The molecular formula is C15H18BFO4. The van der Waals surface area contributed by atoms with Crippen LogP contribution >= 0.6 is 0 Å². The lowest BCUT2D eigenvalue weighted by atomic mass is 9.75. The van der Waals surface area contributed by atoms with Crippen molar-refractivity contribution in [1.29, 1.82) is 0 Å². The van der Waals surface area contributed by atoms with Crippen LogP contribution in [-0.4, -0.2) is 29.4 Å². The molecule has 1 saturated heterocycles. The van der Waals surface area contributed by atoms with Crippen LogP contribution in [0.1, 0.15) is 33.3 Å². The molecule has 6 heteroatoms. The average Bonchev–Trinajstić information content (AvgIpc) is 2.56. The van der Waals surface area contributed by atoms with E-state index in [4.69, 9.17) is 14.4 Å². The van der Waals surface area contributed by atoms with Crippen LogP contribution in [0.15, 0.2) is 24.3 Å². The molecule has 2 rings (SSSR count). The van der Waals surface area contributed by atoms with Gasteiger partial charge in [0.05, 0.1) is 11.2 Å². The van der Waals surface area contributed by atoms with Crippen LogP contribution in [0.2, 0.25) is 0 Å². The van der Waals surface area contributed by atoms with Gasteiger partial charge < -0.3 is 14.4 Å². The second-order valence-corrected chi connectivity index (χ2v) is 6.03. The zero-order valence-electron chi connectivity index (χ0n) is 12.5. The van der Waals surface area contributed by atoms with E-state index in [1.54, 1.807) is 0 Å². The van der Waals surface area contributed by atoms with Gasteiger partial charge in [0.25, 0.3) is 0 Å². The molecule has 0 bridgehead atoms. The summed E-state index contributed by atoms with van der Waals surface area (Å²) in [6, 6.07) is 4.09. The van der Waals surface area contributed by atoms with Crippen LogP contribution in [-0.2, 0) is 14.1 Å². The van der Waals surface area contributed by atoms with E-state index in [-0.39, 0.29) is 0 Å². The Bertz CT molecular complexity index is 579. The Morgan fingerprint density at radius 1 is 1.24 bits per heavy atom. The first-order valence-corrected chi connectivity index (χ1v) is 6.68. The van der Waals surface area contributed by atoms with Crippen molar-refractivity contribution in [2.75, 3.05) is 0 Å². The highest BCUT2D eigenvalue weighted by Gasteiger charge is 2.52. The number of hydrogen-bond acceptors (Lipinski definition) is 3. The standard InChI is InChI=1S/C15H18BFO4/c1-14(2)15(3,4)21-16(20-14)12-9-11(17)7-5-10(12)6-8-13(18)19/h5-9H,1-4H3,(H,18,19)/b8-6+. The largest absolute Gasteiger partial charge is 0.495 e. The van der Waals surface area contributed by atoms with Crippen molar-refractivity contribution in [1.82, 2.24) is 0 Å². The highest BCUT2D eigenvalue weighted by Crippen LogP contribution is 2.36. The third kappa shape index (κ3) is 3.17. The first-order chi connectivity index (χ1) is 9.62. The molecular weight excluding hydrogens is 274 g/mol. The van der Waals surface area contributed by atoms with Crippen LogP contribution < -0.4 is 5.46 Å². The number of benzene rings is 1. The van der Waals surface area contributed by atoms with Gasteiger partial charge in [-0.15, -0.1) is 0 Å². The summed E-state index contributed by atoms with van der Waals surface area (Å²) in [6.07, 6.45) is 2.41. The summed E-state index contributed by atoms with van der Waals surface area (Å²) >= 11 is 0. The number of aliphatic carboxylic acids is 1. The van der Waals surface area contributed by atoms with Crippen molar-refractivity contribution >= 4 is 24.6 Å². The molecule has 1 aromatic rings. The van der Waals surface area contributed by atoms with Crippen molar-refractivity contribution in [3.8, 4) is 0 Å². The molecule has 0 spiro atoms. The van der Waals surface area contributed by atoms with Gasteiger partial charge in [-0.1, -0.05) is 6.07 Å². The minimum atomic E-state index is -1.07. The second-order valence-electron chi connectivity index (χ2n) is 6.03. The molecule has 0 saturated carbocycles. The molecule has 112 valence electrons. The van der Waals surface area contributed by atoms with Gasteiger partial charge in [-0.05, 0) is 56.9 Å². The maximum Gasteiger partial charge on any atom is 0.495 e. The predicted molar refractivity (Wildman–Crippen MR) is 78.8 cm³/mol. The van der Waals surface area contributed by atoms with Gasteiger partial charge in [-0.2, -0.15) is 0 Å². The maximum atomic E-state index is 13.5. The van der Waals surface area contributed by atoms with Crippen LogP contribution in [0.4, 0.5) is 4.39 Å². The number of carboxylic acid groups (broad SMARTS) is 1. The van der Waals surface area contributed by atoms with Crippen LogP contribution in [0.5, 0.6) is 0 Å². The molecule has 0 unspecified atom stereocenters. The highest BCUT2D eigenvalue weighted by atomic mass is 19.1. The fraction of sp³-hybridized carbons (Fsp3) is 0.400. The molecule has 1 heterocycles. The number of carboxylic acids is 1. The van der Waals surface area contributed by atoms with Crippen LogP contribution in [0.25, 0.3) is 6.08 Å². The summed E-state index contributed by atoms with van der Waals surface area (Å²) in [4.78, 5) is 10.7. The molecule has 1 aliphatic rings. The molecule has 4 nitrogen and oxygen atoms in total. The third-order valence-corrected chi connectivity index (χ3v) is 3.96. The first-order valence-electron chi connectivity index (χ1n) is 6.68. The van der Waals surface area contributed by atoms with Crippen molar-refractivity contribution < 1.29 is 23.6 Å². The number of hydrogen-bond donors (Lipinski definition) is 1. The average molecular weight is 292 g/mol. The minimum absolute atomic E-state index is 0.424. The summed E-state index contributed by atoms with van der Waals surface area (Å²) in [5, 5.41) is 8.73. The summed E-state index contributed by atoms with van der Waals surface area (Å²) in [6.45, 7) is 7.61. The van der Waals surface area contributed by atoms with Crippen molar-refractivity contribution in [2.24, 2.45) is 0 Å². The zero-order valence-corrected chi connectivity index (χ0v) is 12.5. The summed E-state index contributed by atoms with van der Waals surface area (Å²) in [5.74, 6) is -1.49. The Kier molecular flexibility index (Phi) is 3.95. The van der Waals surface area contributed by atoms with Gasteiger partial charge in [0.2, 0.25) is 0 Å². The lowest BCUT2D eigenvalue weighted by Gasteiger charge is -2.32. The van der Waals surface area contributed by atoms with Gasteiger partial charge in [0.1, 0.15) is 5.82 Å². The van der Waals surface area contributed by atoms with Crippen LogP contribution in [0.3, 0.4) is 0 Å². The molecule has 0 atom stereocenters. The van der Waals surface area contributed by atoms with E-state index >= 15 is 0 Å². The fourth-order valence-electron chi connectivity index (χ4n) is 2.03. The Labute approximate surface area is 123 Å². The van der Waals surface area contributed by atoms with E-state index in [0.29, 0.717) is 11.0 Å². The molecule has 1 N–H and O–H groups in total. The van der Waals surface area contributed by atoms with Crippen molar-refractivity contribution in [2.45, 2.75) is 38.9 Å². The van der Waals surface area contributed by atoms with E-state index in [2.05, 4.69) is 0 Å². The normalized spacial score (nSPS) is 20.1. The molecule has 1 fully saturated rings. The third-order valence-electron chi connectivity index (χ3n) is 3.96. The summed E-state index contributed by atoms with van der Waals surface area (Å²) < 4.78 is 25.3. The molecule has 1 aliphatic heterocycles. The summed E-state index contributed by atoms with van der Waals surface area (Å²) in [7, 11) is -0.737. The number of carbonyl (C=O) groups is 1. The smallest absolute Gasteiger partial charge is 0.478 e. The van der Waals surface area contributed by atoms with Gasteiger partial charge >= 0.3 is 13.1 Å². The number of rotatable bonds is 3. The van der Waals surface area contributed by atoms with E-state index in [1.165, 1.54) is 24.3 Å². The minimum Gasteiger partial charge on any atom is -0.478 e.